The first-order chi connectivity index (χ1) is 13.0. The van der Waals surface area contributed by atoms with Gasteiger partial charge in [-0.25, -0.2) is 8.42 Å². The van der Waals surface area contributed by atoms with E-state index in [1.54, 1.807) is 24.3 Å². The summed E-state index contributed by atoms with van der Waals surface area (Å²) in [5.41, 5.74) is 2.28. The van der Waals surface area contributed by atoms with Gasteiger partial charge in [-0.3, -0.25) is 4.79 Å². The number of rotatable bonds is 3. The Labute approximate surface area is 158 Å². The fourth-order valence-electron chi connectivity index (χ4n) is 3.56. The molecule has 3 aromatic rings. The maximum absolute atomic E-state index is 13.4. The highest BCUT2D eigenvalue weighted by molar-refractivity contribution is 7.92. The van der Waals surface area contributed by atoms with E-state index in [0.29, 0.717) is 11.3 Å². The summed E-state index contributed by atoms with van der Waals surface area (Å²) in [5, 5.41) is -1.34. The molecule has 0 aliphatic carbocycles. The number of hydrogen-bond donors (Lipinski definition) is 0. The second-order valence-corrected chi connectivity index (χ2v) is 8.70. The number of ether oxygens (including phenoxy) is 1. The minimum Gasteiger partial charge on any atom is -0.425 e. The van der Waals surface area contributed by atoms with E-state index < -0.39 is 27.0 Å². The molecule has 0 radical (unpaired) electrons. The summed E-state index contributed by atoms with van der Waals surface area (Å²) in [6.07, 6.45) is 0. The molecule has 2 unspecified atom stereocenters. The van der Waals surface area contributed by atoms with E-state index in [9.17, 15) is 13.2 Å². The van der Waals surface area contributed by atoms with Gasteiger partial charge in [0.25, 0.3) is 0 Å². The van der Waals surface area contributed by atoms with Crippen molar-refractivity contribution < 1.29 is 17.9 Å². The summed E-state index contributed by atoms with van der Waals surface area (Å²) in [6, 6.07) is 23.0. The fraction of sp³-hybridized carbons (Fsp3) is 0.136. The lowest BCUT2D eigenvalue weighted by molar-refractivity contribution is -0.135. The summed E-state index contributed by atoms with van der Waals surface area (Å²) in [6.45, 7) is 1.82. The normalized spacial score (nSPS) is 19.2. The van der Waals surface area contributed by atoms with Crippen LogP contribution in [0, 0.1) is 6.92 Å². The summed E-state index contributed by atoms with van der Waals surface area (Å²) >= 11 is 0. The van der Waals surface area contributed by atoms with E-state index in [4.69, 9.17) is 4.74 Å². The second-order valence-electron chi connectivity index (χ2n) is 6.63. The summed E-state index contributed by atoms with van der Waals surface area (Å²) in [4.78, 5) is 13.0. The quantitative estimate of drug-likeness (QED) is 0.512. The lowest BCUT2D eigenvalue weighted by Gasteiger charge is -2.32. The van der Waals surface area contributed by atoms with Crippen molar-refractivity contribution in [3.05, 3.63) is 95.6 Å². The van der Waals surface area contributed by atoms with E-state index in [1.165, 1.54) is 6.07 Å². The van der Waals surface area contributed by atoms with Crippen LogP contribution in [-0.2, 0) is 14.6 Å². The monoisotopic (exact) mass is 378 g/mol. The summed E-state index contributed by atoms with van der Waals surface area (Å²) < 4.78 is 32.3. The first-order valence-corrected chi connectivity index (χ1v) is 10.2. The van der Waals surface area contributed by atoms with Crippen LogP contribution in [0.1, 0.15) is 22.6 Å². The number of carbonyl (C=O) groups excluding carboxylic acids is 1. The third kappa shape index (κ3) is 3.04. The first kappa shape index (κ1) is 17.5. The van der Waals surface area contributed by atoms with Crippen LogP contribution in [0.4, 0.5) is 0 Å². The van der Waals surface area contributed by atoms with Crippen LogP contribution in [0.2, 0.25) is 0 Å². The van der Waals surface area contributed by atoms with Crippen LogP contribution < -0.4 is 4.74 Å². The van der Waals surface area contributed by atoms with Crippen LogP contribution in [0.15, 0.2) is 83.8 Å². The van der Waals surface area contributed by atoms with Gasteiger partial charge in [0.2, 0.25) is 0 Å². The van der Waals surface area contributed by atoms with Crippen molar-refractivity contribution in [2.45, 2.75) is 23.0 Å². The molecule has 0 bridgehead atoms. The number of esters is 1. The maximum Gasteiger partial charge on any atom is 0.331 e. The van der Waals surface area contributed by atoms with Gasteiger partial charge in [-0.15, -0.1) is 0 Å². The second kappa shape index (κ2) is 6.67. The third-order valence-corrected chi connectivity index (χ3v) is 6.85. The molecular formula is C22H18O4S. The molecule has 0 saturated carbocycles. The molecule has 0 amide bonds. The molecule has 1 heterocycles. The largest absolute Gasteiger partial charge is 0.425 e. The van der Waals surface area contributed by atoms with Gasteiger partial charge in [0.1, 0.15) is 5.75 Å². The molecule has 0 N–H and O–H groups in total. The highest BCUT2D eigenvalue weighted by atomic mass is 32.2. The topological polar surface area (TPSA) is 60.4 Å². The smallest absolute Gasteiger partial charge is 0.331 e. The highest BCUT2D eigenvalue weighted by Gasteiger charge is 2.47. The number of para-hydroxylation sites is 1. The Bertz CT molecular complexity index is 1100. The van der Waals surface area contributed by atoms with Gasteiger partial charge in [0.05, 0.1) is 4.90 Å². The molecule has 27 heavy (non-hydrogen) atoms. The molecule has 1 aliphatic heterocycles. The number of fused-ring (bicyclic) bond motifs is 1. The van der Waals surface area contributed by atoms with Crippen LogP contribution in [0.3, 0.4) is 0 Å². The minimum atomic E-state index is -3.95. The molecule has 4 rings (SSSR count). The van der Waals surface area contributed by atoms with Crippen molar-refractivity contribution in [2.24, 2.45) is 0 Å². The molecule has 136 valence electrons. The van der Waals surface area contributed by atoms with E-state index >= 15 is 0 Å². The van der Waals surface area contributed by atoms with E-state index in [2.05, 4.69) is 0 Å². The maximum atomic E-state index is 13.4. The van der Waals surface area contributed by atoms with Crippen LogP contribution in [0.5, 0.6) is 5.75 Å². The average Bonchev–Trinajstić information content (AvgIpc) is 2.67. The molecule has 0 saturated heterocycles. The van der Waals surface area contributed by atoms with Crippen molar-refractivity contribution in [1.29, 1.82) is 0 Å². The number of sulfone groups is 1. The molecule has 1 aliphatic rings. The van der Waals surface area contributed by atoms with E-state index in [-0.39, 0.29) is 4.90 Å². The van der Waals surface area contributed by atoms with Crippen LogP contribution in [0.25, 0.3) is 0 Å². The Morgan fingerprint density at radius 2 is 1.56 bits per heavy atom. The van der Waals surface area contributed by atoms with Crippen LogP contribution in [-0.4, -0.2) is 19.6 Å². The molecule has 0 fully saturated rings. The Hall–Kier alpha value is -2.92. The molecule has 4 nitrogen and oxygen atoms in total. The van der Waals surface area contributed by atoms with Gasteiger partial charge < -0.3 is 4.74 Å². The number of carbonyl (C=O) groups is 1. The van der Waals surface area contributed by atoms with Crippen LogP contribution >= 0.6 is 0 Å². The zero-order valence-corrected chi connectivity index (χ0v) is 15.5. The minimum absolute atomic E-state index is 0.129. The molecule has 2 atom stereocenters. The molecular weight excluding hydrogens is 360 g/mol. The van der Waals surface area contributed by atoms with Crippen molar-refractivity contribution >= 4 is 15.8 Å². The zero-order valence-electron chi connectivity index (χ0n) is 14.7. The van der Waals surface area contributed by atoms with Gasteiger partial charge in [0, 0.05) is 11.5 Å². The summed E-state index contributed by atoms with van der Waals surface area (Å²) in [5.74, 6) is -0.967. The van der Waals surface area contributed by atoms with Crippen molar-refractivity contribution in [3.63, 3.8) is 0 Å². The van der Waals surface area contributed by atoms with E-state index in [1.807, 2.05) is 55.5 Å². The average molecular weight is 378 g/mol. The molecule has 5 heteroatoms. The van der Waals surface area contributed by atoms with Gasteiger partial charge >= 0.3 is 5.97 Å². The zero-order chi connectivity index (χ0) is 19.0. The molecule has 0 spiro atoms. The Balaban J connectivity index is 1.94. The Morgan fingerprint density at radius 3 is 2.30 bits per heavy atom. The van der Waals surface area contributed by atoms with Crippen molar-refractivity contribution in [2.75, 3.05) is 0 Å². The lowest BCUT2D eigenvalue weighted by Crippen LogP contribution is -2.42. The number of aryl methyl sites for hydroxylation is 1. The van der Waals surface area contributed by atoms with Gasteiger partial charge in [-0.2, -0.15) is 0 Å². The Kier molecular flexibility index (Phi) is 4.32. The number of benzene rings is 3. The SMILES string of the molecule is Cc1cccc(S(=O)(=O)C2C(=O)Oc3ccccc3C2c2ccccc2)c1. The standard InChI is InChI=1S/C22H18O4S/c1-15-8-7-11-17(14-15)27(24,25)21-20(16-9-3-2-4-10-16)18-12-5-6-13-19(18)26-22(21)23/h2-14,20-21H,1H3. The highest BCUT2D eigenvalue weighted by Crippen LogP contribution is 2.42. The van der Waals surface area contributed by atoms with Crippen molar-refractivity contribution in [3.8, 4) is 5.75 Å². The molecule has 3 aromatic carbocycles. The van der Waals surface area contributed by atoms with Gasteiger partial charge in [0.15, 0.2) is 15.1 Å². The third-order valence-electron chi connectivity index (χ3n) is 4.81. The predicted octanol–water partition coefficient (Wildman–Crippen LogP) is 3.89. The Morgan fingerprint density at radius 1 is 0.852 bits per heavy atom. The number of hydrogen-bond acceptors (Lipinski definition) is 4. The lowest BCUT2D eigenvalue weighted by atomic mass is 9.86. The van der Waals surface area contributed by atoms with Crippen molar-refractivity contribution in [1.82, 2.24) is 0 Å². The summed E-state index contributed by atoms with van der Waals surface area (Å²) in [7, 11) is -3.95. The first-order valence-electron chi connectivity index (χ1n) is 8.64. The van der Waals surface area contributed by atoms with Gasteiger partial charge in [-0.1, -0.05) is 60.7 Å². The molecule has 0 aromatic heterocycles. The van der Waals surface area contributed by atoms with E-state index in [0.717, 1.165) is 11.1 Å². The van der Waals surface area contributed by atoms with Gasteiger partial charge in [-0.05, 0) is 36.2 Å². The predicted molar refractivity (Wildman–Crippen MR) is 103 cm³/mol. The fourth-order valence-corrected chi connectivity index (χ4v) is 5.43.